The molecule has 0 saturated heterocycles. The van der Waals surface area contributed by atoms with Gasteiger partial charge in [0.15, 0.2) is 17.5 Å². The van der Waals surface area contributed by atoms with Crippen molar-refractivity contribution >= 4 is 21.5 Å². The number of ether oxygens (including phenoxy) is 1. The summed E-state index contributed by atoms with van der Waals surface area (Å²) in [4.78, 5) is 15.0. The van der Waals surface area contributed by atoms with Gasteiger partial charge in [0.2, 0.25) is 0 Å². The first kappa shape index (κ1) is 32.7. The second kappa shape index (κ2) is 13.6. The van der Waals surface area contributed by atoms with Crippen molar-refractivity contribution in [1.29, 1.82) is 0 Å². The highest BCUT2D eigenvalue weighted by atomic mass is 16.5. The van der Waals surface area contributed by atoms with E-state index in [1.54, 1.807) is 0 Å². The second-order valence-corrected chi connectivity index (χ2v) is 14.4. The van der Waals surface area contributed by atoms with Gasteiger partial charge in [-0.05, 0) is 85.4 Å². The predicted molar refractivity (Wildman–Crippen MR) is 233 cm³/mol. The summed E-state index contributed by atoms with van der Waals surface area (Å²) in [6.07, 6.45) is 0. The Labute approximate surface area is 330 Å². The van der Waals surface area contributed by atoms with E-state index in [0.29, 0.717) is 17.5 Å². The van der Waals surface area contributed by atoms with Crippen LogP contribution in [0.3, 0.4) is 0 Å². The number of nitrogens with zero attached hydrogens (tertiary/aromatic N) is 3. The van der Waals surface area contributed by atoms with E-state index in [1.807, 2.05) is 36.4 Å². The van der Waals surface area contributed by atoms with Gasteiger partial charge in [0.05, 0.1) is 0 Å². The Morgan fingerprint density at radius 1 is 0.281 bits per heavy atom. The zero-order chi connectivity index (χ0) is 37.7. The minimum atomic E-state index is 0.625. The van der Waals surface area contributed by atoms with Gasteiger partial charge >= 0.3 is 0 Å². The van der Waals surface area contributed by atoms with Gasteiger partial charge in [-0.15, -0.1) is 0 Å². The minimum absolute atomic E-state index is 0.625. The molecule has 10 aromatic rings. The maximum Gasteiger partial charge on any atom is 0.164 e. The Morgan fingerprint density at radius 3 is 1.61 bits per heavy atom. The van der Waals surface area contributed by atoms with Gasteiger partial charge in [-0.2, -0.15) is 0 Å². The average molecular weight is 728 g/mol. The maximum absolute atomic E-state index is 6.58. The lowest BCUT2D eigenvalue weighted by Gasteiger charge is -2.23. The monoisotopic (exact) mass is 727 g/mol. The molecule has 1 aromatic heterocycles. The molecule has 0 saturated carbocycles. The van der Waals surface area contributed by atoms with E-state index in [9.17, 15) is 0 Å². The quantitative estimate of drug-likeness (QED) is 0.171. The predicted octanol–water partition coefficient (Wildman–Crippen LogP) is 14.0. The fraction of sp³-hybridized carbons (Fsp3) is 0. The summed E-state index contributed by atoms with van der Waals surface area (Å²) in [5, 5.41) is 4.78. The normalized spacial score (nSPS) is 11.6. The van der Waals surface area contributed by atoms with E-state index in [-0.39, 0.29) is 0 Å². The van der Waals surface area contributed by atoms with Gasteiger partial charge in [0.1, 0.15) is 11.5 Å². The third-order valence-electron chi connectivity index (χ3n) is 10.9. The molecular weight excluding hydrogens is 695 g/mol. The third-order valence-corrected chi connectivity index (χ3v) is 10.9. The molecule has 0 amide bonds. The zero-order valence-electron chi connectivity index (χ0n) is 30.8. The highest BCUT2D eigenvalue weighted by Crippen LogP contribution is 2.49. The van der Waals surface area contributed by atoms with Crippen LogP contribution in [0.25, 0.3) is 100 Å². The van der Waals surface area contributed by atoms with Crippen LogP contribution in [0.2, 0.25) is 0 Å². The molecule has 0 radical (unpaired) electrons. The van der Waals surface area contributed by atoms with Crippen molar-refractivity contribution in [2.75, 3.05) is 0 Å². The Kier molecular flexibility index (Phi) is 7.78. The van der Waals surface area contributed by atoms with Crippen LogP contribution in [0.1, 0.15) is 0 Å². The van der Waals surface area contributed by atoms with Crippen molar-refractivity contribution in [3.8, 4) is 90.2 Å². The molecular formula is C53H33N3O. The van der Waals surface area contributed by atoms with Crippen LogP contribution in [0.15, 0.2) is 200 Å². The fourth-order valence-electron chi connectivity index (χ4n) is 8.05. The van der Waals surface area contributed by atoms with Crippen molar-refractivity contribution in [2.45, 2.75) is 0 Å². The van der Waals surface area contributed by atoms with E-state index in [0.717, 1.165) is 61.4 Å². The number of fused-ring (bicyclic) bond motifs is 3. The van der Waals surface area contributed by atoms with Crippen LogP contribution in [0, 0.1) is 0 Å². The van der Waals surface area contributed by atoms with Crippen molar-refractivity contribution in [2.24, 2.45) is 0 Å². The first-order valence-electron chi connectivity index (χ1n) is 19.2. The summed E-state index contributed by atoms with van der Waals surface area (Å²) < 4.78 is 6.58. The number of rotatable bonds is 6. The minimum Gasteiger partial charge on any atom is -0.456 e. The lowest BCUT2D eigenvalue weighted by molar-refractivity contribution is 0.487. The lowest BCUT2D eigenvalue weighted by Crippen LogP contribution is -2.00. The fourth-order valence-corrected chi connectivity index (χ4v) is 8.05. The van der Waals surface area contributed by atoms with Crippen molar-refractivity contribution in [3.05, 3.63) is 200 Å². The SMILES string of the molecule is c1ccc(-c2cccc(-c3nc(-c4ccccc4)nc(-c4ccc(-c5ccc6c(c5)-c5cccc7c(-c8ccc9ccccc9c8)ccc(c57)O6)cc4)n3)c2)cc1. The molecule has 266 valence electrons. The van der Waals surface area contributed by atoms with E-state index >= 15 is 0 Å². The largest absolute Gasteiger partial charge is 0.456 e. The van der Waals surface area contributed by atoms with Crippen LogP contribution in [-0.4, -0.2) is 15.0 Å². The molecule has 57 heavy (non-hydrogen) atoms. The Balaban J connectivity index is 0.959. The maximum atomic E-state index is 6.58. The van der Waals surface area contributed by atoms with Crippen LogP contribution in [-0.2, 0) is 0 Å². The van der Waals surface area contributed by atoms with E-state index in [4.69, 9.17) is 19.7 Å². The van der Waals surface area contributed by atoms with E-state index in [1.165, 1.54) is 32.8 Å². The topological polar surface area (TPSA) is 47.9 Å². The van der Waals surface area contributed by atoms with E-state index in [2.05, 4.69) is 164 Å². The van der Waals surface area contributed by atoms with Gasteiger partial charge in [-0.25, -0.2) is 15.0 Å². The van der Waals surface area contributed by atoms with Crippen LogP contribution in [0.4, 0.5) is 0 Å². The molecule has 4 heteroatoms. The Morgan fingerprint density at radius 2 is 0.825 bits per heavy atom. The molecule has 0 atom stereocenters. The summed E-state index contributed by atoms with van der Waals surface area (Å²) in [5.74, 6) is 3.63. The number of aromatic nitrogens is 3. The summed E-state index contributed by atoms with van der Waals surface area (Å²) in [7, 11) is 0. The molecule has 0 spiro atoms. The molecule has 4 nitrogen and oxygen atoms in total. The van der Waals surface area contributed by atoms with Gasteiger partial charge < -0.3 is 4.74 Å². The van der Waals surface area contributed by atoms with Crippen LogP contribution in [0.5, 0.6) is 11.5 Å². The summed E-state index contributed by atoms with van der Waals surface area (Å²) in [5.41, 5.74) is 11.9. The number of benzene rings is 9. The molecule has 9 aromatic carbocycles. The zero-order valence-corrected chi connectivity index (χ0v) is 30.8. The number of hydrogen-bond acceptors (Lipinski definition) is 4. The van der Waals surface area contributed by atoms with Crippen molar-refractivity contribution < 1.29 is 4.74 Å². The van der Waals surface area contributed by atoms with Crippen molar-refractivity contribution in [3.63, 3.8) is 0 Å². The van der Waals surface area contributed by atoms with Gasteiger partial charge in [0, 0.05) is 27.6 Å². The highest BCUT2D eigenvalue weighted by molar-refractivity contribution is 6.10. The van der Waals surface area contributed by atoms with Crippen LogP contribution >= 0.6 is 0 Å². The van der Waals surface area contributed by atoms with Crippen molar-refractivity contribution in [1.82, 2.24) is 15.0 Å². The lowest BCUT2D eigenvalue weighted by atomic mass is 9.89. The average Bonchev–Trinajstić information content (AvgIpc) is 3.29. The molecule has 0 N–H and O–H groups in total. The summed E-state index contributed by atoms with van der Waals surface area (Å²) in [6.45, 7) is 0. The second-order valence-electron chi connectivity index (χ2n) is 14.4. The molecule has 0 unspecified atom stereocenters. The van der Waals surface area contributed by atoms with E-state index < -0.39 is 0 Å². The smallest absolute Gasteiger partial charge is 0.164 e. The molecule has 11 rings (SSSR count). The molecule has 0 aliphatic carbocycles. The molecule has 0 bridgehead atoms. The Hall–Kier alpha value is -7.69. The van der Waals surface area contributed by atoms with Gasteiger partial charge in [0.25, 0.3) is 0 Å². The van der Waals surface area contributed by atoms with Crippen LogP contribution < -0.4 is 4.74 Å². The van der Waals surface area contributed by atoms with Gasteiger partial charge in [-0.3, -0.25) is 0 Å². The molecule has 1 aliphatic rings. The number of hydrogen-bond donors (Lipinski definition) is 0. The molecule has 0 fully saturated rings. The molecule has 1 aliphatic heterocycles. The highest BCUT2D eigenvalue weighted by Gasteiger charge is 2.22. The summed E-state index contributed by atoms with van der Waals surface area (Å²) >= 11 is 0. The molecule has 2 heterocycles. The van der Waals surface area contributed by atoms with Gasteiger partial charge in [-0.1, -0.05) is 170 Å². The third kappa shape index (κ3) is 5.92. The first-order valence-corrected chi connectivity index (χ1v) is 19.2. The standard InChI is InChI=1S/C53H33N3O/c1-3-11-34(12-4-1)40-17-9-18-43(32-40)53-55-51(37-14-5-2-6-15-37)54-52(56-53)38-24-21-36(22-25-38)41-27-29-48-47(33-41)46-20-10-19-45-44(28-30-49(57-48)50(45)46)42-26-23-35-13-7-8-16-39(35)31-42/h1-33H. The first-order chi connectivity index (χ1) is 28.2. The Bertz CT molecular complexity index is 3140. The summed E-state index contributed by atoms with van der Waals surface area (Å²) in [6, 6.07) is 69.9.